The molecule has 1 saturated heterocycles. The van der Waals surface area contributed by atoms with Crippen LogP contribution in [-0.2, 0) is 4.79 Å². The molecule has 2 rings (SSSR count). The maximum Gasteiger partial charge on any atom is 0.270 e. The second-order valence-corrected chi connectivity index (χ2v) is 5.60. The third kappa shape index (κ3) is 2.35. The van der Waals surface area contributed by atoms with Gasteiger partial charge in [-0.05, 0) is 28.4 Å². The van der Waals surface area contributed by atoms with Crippen LogP contribution < -0.4 is 4.90 Å². The minimum Gasteiger partial charge on any atom is -0.310 e. The quantitative estimate of drug-likeness (QED) is 0.461. The van der Waals surface area contributed by atoms with Crippen molar-refractivity contribution < 1.29 is 9.72 Å². The third-order valence-corrected chi connectivity index (χ3v) is 4.06. The van der Waals surface area contributed by atoms with E-state index in [1.807, 2.05) is 0 Å². The Kier molecular flexibility index (Phi) is 3.48. The normalized spacial score (nSPS) is 19.8. The second-order valence-electron chi connectivity index (χ2n) is 3.64. The highest BCUT2D eigenvalue weighted by Crippen LogP contribution is 2.33. The van der Waals surface area contributed by atoms with E-state index >= 15 is 0 Å². The van der Waals surface area contributed by atoms with Gasteiger partial charge < -0.3 is 4.90 Å². The van der Waals surface area contributed by atoms with Crippen LogP contribution in [0.25, 0.3) is 0 Å². The summed E-state index contributed by atoms with van der Waals surface area (Å²) in [4.78, 5) is 23.4. The maximum atomic E-state index is 11.8. The molecule has 90 valence electrons. The van der Waals surface area contributed by atoms with Crippen LogP contribution in [0.1, 0.15) is 6.42 Å². The first-order chi connectivity index (χ1) is 8.00. The maximum absolute atomic E-state index is 11.8. The Balaban J connectivity index is 2.34. The highest BCUT2D eigenvalue weighted by Gasteiger charge is 2.31. The van der Waals surface area contributed by atoms with E-state index < -0.39 is 4.92 Å². The van der Waals surface area contributed by atoms with Gasteiger partial charge in [-0.3, -0.25) is 14.9 Å². The van der Waals surface area contributed by atoms with Gasteiger partial charge >= 0.3 is 0 Å². The molecule has 1 amide bonds. The van der Waals surface area contributed by atoms with Crippen LogP contribution in [0.5, 0.6) is 0 Å². The smallest absolute Gasteiger partial charge is 0.270 e. The lowest BCUT2D eigenvalue weighted by atomic mass is 10.2. The molecule has 1 aromatic rings. The number of benzene rings is 1. The molecule has 0 saturated carbocycles. The van der Waals surface area contributed by atoms with E-state index in [4.69, 9.17) is 0 Å². The van der Waals surface area contributed by atoms with Gasteiger partial charge in [0.1, 0.15) is 0 Å². The number of carbonyl (C=O) groups is 1. The summed E-state index contributed by atoms with van der Waals surface area (Å²) in [5.74, 6) is -0.0143. The number of nitrogens with zero attached hydrogens (tertiary/aromatic N) is 2. The number of alkyl halides is 1. The SMILES string of the molecule is O=C1C(Br)CCN1c1ccc([N+](=O)[O-])cc1Br. The van der Waals surface area contributed by atoms with Crippen LogP contribution in [0.3, 0.4) is 0 Å². The molecule has 1 aliphatic heterocycles. The van der Waals surface area contributed by atoms with E-state index in [-0.39, 0.29) is 16.4 Å². The van der Waals surface area contributed by atoms with Crippen LogP contribution in [0.4, 0.5) is 11.4 Å². The third-order valence-electron chi connectivity index (χ3n) is 2.57. The highest BCUT2D eigenvalue weighted by atomic mass is 79.9. The van der Waals surface area contributed by atoms with Crippen molar-refractivity contribution in [3.63, 3.8) is 0 Å². The molecule has 1 unspecified atom stereocenters. The zero-order valence-corrected chi connectivity index (χ0v) is 11.8. The predicted molar refractivity (Wildman–Crippen MR) is 70.5 cm³/mol. The largest absolute Gasteiger partial charge is 0.310 e. The van der Waals surface area contributed by atoms with E-state index in [0.717, 1.165) is 6.42 Å². The fraction of sp³-hybridized carbons (Fsp3) is 0.300. The van der Waals surface area contributed by atoms with E-state index in [0.29, 0.717) is 16.7 Å². The Morgan fingerprint density at radius 2 is 2.18 bits per heavy atom. The molecule has 0 N–H and O–H groups in total. The fourth-order valence-corrected chi connectivity index (χ4v) is 2.75. The summed E-state index contributed by atoms with van der Waals surface area (Å²) in [6.45, 7) is 0.616. The van der Waals surface area contributed by atoms with Crippen LogP contribution in [-0.4, -0.2) is 22.2 Å². The number of hydrogen-bond donors (Lipinski definition) is 0. The summed E-state index contributed by atoms with van der Waals surface area (Å²) >= 11 is 6.55. The molecule has 7 heteroatoms. The minimum atomic E-state index is -0.465. The first kappa shape index (κ1) is 12.5. The Labute approximate surface area is 114 Å². The van der Waals surface area contributed by atoms with Crippen molar-refractivity contribution in [2.45, 2.75) is 11.2 Å². The lowest BCUT2D eigenvalue weighted by Crippen LogP contribution is -2.27. The van der Waals surface area contributed by atoms with E-state index in [1.165, 1.54) is 12.1 Å². The molecule has 1 heterocycles. The number of amides is 1. The van der Waals surface area contributed by atoms with E-state index in [9.17, 15) is 14.9 Å². The molecule has 0 aliphatic carbocycles. The first-order valence-corrected chi connectivity index (χ1v) is 6.61. The average molecular weight is 364 g/mol. The van der Waals surface area contributed by atoms with E-state index in [1.54, 1.807) is 11.0 Å². The molecule has 1 aliphatic rings. The lowest BCUT2D eigenvalue weighted by Gasteiger charge is -2.17. The summed E-state index contributed by atoms with van der Waals surface area (Å²) in [5, 5.41) is 10.6. The number of nitro groups is 1. The monoisotopic (exact) mass is 362 g/mol. The molecule has 0 bridgehead atoms. The lowest BCUT2D eigenvalue weighted by molar-refractivity contribution is -0.384. The highest BCUT2D eigenvalue weighted by molar-refractivity contribution is 9.10. The molecule has 1 atom stereocenters. The fourth-order valence-electron chi connectivity index (χ4n) is 1.71. The van der Waals surface area contributed by atoms with Gasteiger partial charge in [0.05, 0.1) is 15.4 Å². The number of rotatable bonds is 2. The number of non-ortho nitro benzene ring substituents is 1. The molecule has 0 aromatic heterocycles. The van der Waals surface area contributed by atoms with Gasteiger partial charge in [0.15, 0.2) is 0 Å². The minimum absolute atomic E-state index is 0.00247. The standard InChI is InChI=1S/C10H8Br2N2O3/c11-7-3-4-13(10(7)15)9-2-1-6(14(16)17)5-8(9)12/h1-2,5,7H,3-4H2. The zero-order chi connectivity index (χ0) is 12.6. The van der Waals surface area contributed by atoms with Gasteiger partial charge in [-0.1, -0.05) is 15.9 Å². The number of halogens is 2. The van der Waals surface area contributed by atoms with Gasteiger partial charge in [0.25, 0.3) is 5.69 Å². The Hall–Kier alpha value is -0.950. The van der Waals surface area contributed by atoms with Gasteiger partial charge in [0, 0.05) is 23.2 Å². The summed E-state index contributed by atoms with van der Waals surface area (Å²) in [5.41, 5.74) is 0.671. The number of carbonyl (C=O) groups excluding carboxylic acids is 1. The predicted octanol–water partition coefficient (Wildman–Crippen LogP) is 2.86. The summed E-state index contributed by atoms with van der Waals surface area (Å²) in [6.07, 6.45) is 0.738. The van der Waals surface area contributed by atoms with Crippen molar-refractivity contribution >= 4 is 49.1 Å². The van der Waals surface area contributed by atoms with Crippen molar-refractivity contribution in [3.8, 4) is 0 Å². The molecular formula is C10H8Br2N2O3. The molecule has 0 spiro atoms. The summed E-state index contributed by atoms with van der Waals surface area (Å²) in [7, 11) is 0. The Morgan fingerprint density at radius 3 is 2.65 bits per heavy atom. The zero-order valence-electron chi connectivity index (χ0n) is 8.60. The molecular weight excluding hydrogens is 356 g/mol. The van der Waals surface area contributed by atoms with Crippen molar-refractivity contribution in [3.05, 3.63) is 32.8 Å². The van der Waals surface area contributed by atoms with Crippen LogP contribution >= 0.6 is 31.9 Å². The Bertz CT molecular complexity index is 492. The first-order valence-electron chi connectivity index (χ1n) is 4.90. The van der Waals surface area contributed by atoms with Crippen molar-refractivity contribution in [2.24, 2.45) is 0 Å². The molecule has 0 radical (unpaired) electrons. The molecule has 1 aromatic carbocycles. The topological polar surface area (TPSA) is 63.5 Å². The van der Waals surface area contributed by atoms with E-state index in [2.05, 4.69) is 31.9 Å². The number of nitro benzene ring substituents is 1. The van der Waals surface area contributed by atoms with Crippen LogP contribution in [0.15, 0.2) is 22.7 Å². The van der Waals surface area contributed by atoms with Gasteiger partial charge in [-0.25, -0.2) is 0 Å². The van der Waals surface area contributed by atoms with Crippen LogP contribution in [0.2, 0.25) is 0 Å². The summed E-state index contributed by atoms with van der Waals surface area (Å²) < 4.78 is 0.557. The van der Waals surface area contributed by atoms with Gasteiger partial charge in [-0.15, -0.1) is 0 Å². The molecule has 5 nitrogen and oxygen atoms in total. The van der Waals surface area contributed by atoms with Crippen LogP contribution in [0, 0.1) is 10.1 Å². The van der Waals surface area contributed by atoms with Crippen molar-refractivity contribution in [2.75, 3.05) is 11.4 Å². The number of hydrogen-bond acceptors (Lipinski definition) is 3. The van der Waals surface area contributed by atoms with Gasteiger partial charge in [-0.2, -0.15) is 0 Å². The Morgan fingerprint density at radius 1 is 1.47 bits per heavy atom. The van der Waals surface area contributed by atoms with Crippen molar-refractivity contribution in [1.29, 1.82) is 0 Å². The second kappa shape index (κ2) is 4.73. The number of anilines is 1. The van der Waals surface area contributed by atoms with Gasteiger partial charge in [0.2, 0.25) is 5.91 Å². The molecule has 17 heavy (non-hydrogen) atoms. The molecule has 1 fully saturated rings. The summed E-state index contributed by atoms with van der Waals surface area (Å²) in [6, 6.07) is 4.39. The average Bonchev–Trinajstić information content (AvgIpc) is 2.60. The van der Waals surface area contributed by atoms with Crippen molar-refractivity contribution in [1.82, 2.24) is 0 Å².